The Balaban J connectivity index is 1.73. The van der Waals surface area contributed by atoms with Crippen molar-refractivity contribution in [3.05, 3.63) is 68.5 Å². The lowest BCUT2D eigenvalue weighted by Crippen LogP contribution is -2.83. The maximum Gasteiger partial charge on any atom is 0.258 e. The van der Waals surface area contributed by atoms with Crippen LogP contribution in [-0.2, 0) is 6.54 Å². The van der Waals surface area contributed by atoms with Crippen molar-refractivity contribution in [3.8, 4) is 0 Å². The topological polar surface area (TPSA) is 51.0 Å². The summed E-state index contributed by atoms with van der Waals surface area (Å²) in [7, 11) is 0. The first-order valence-electron chi connectivity index (χ1n) is 6.68. The molecule has 0 aliphatic carbocycles. The molecule has 4 nitrogen and oxygen atoms in total. The molecule has 1 aromatic carbocycles. The number of quaternary nitrogens is 1. The average molecular weight is 321 g/mol. The Kier molecular flexibility index (Phi) is 4.05. The van der Waals surface area contributed by atoms with Gasteiger partial charge in [0.1, 0.15) is 18.3 Å². The quantitative estimate of drug-likeness (QED) is 0.801. The molecular formula is C15H15ClN3OS+. The van der Waals surface area contributed by atoms with Gasteiger partial charge in [0, 0.05) is 28.2 Å². The van der Waals surface area contributed by atoms with E-state index in [-0.39, 0.29) is 11.6 Å². The van der Waals surface area contributed by atoms with Gasteiger partial charge in [0.2, 0.25) is 0 Å². The number of fused-ring (bicyclic) bond motifs is 1. The molecule has 0 bridgehead atoms. The molecule has 0 spiro atoms. The van der Waals surface area contributed by atoms with Gasteiger partial charge in [-0.05, 0) is 19.1 Å². The molecular weight excluding hydrogens is 306 g/mol. The van der Waals surface area contributed by atoms with Gasteiger partial charge in [-0.15, -0.1) is 11.3 Å². The molecule has 1 atom stereocenters. The normalized spacial score (nSPS) is 12.7. The van der Waals surface area contributed by atoms with Gasteiger partial charge in [-0.1, -0.05) is 23.7 Å². The van der Waals surface area contributed by atoms with Crippen LogP contribution in [0.1, 0.15) is 24.2 Å². The van der Waals surface area contributed by atoms with Gasteiger partial charge in [-0.2, -0.15) is 0 Å². The van der Waals surface area contributed by atoms with Crippen LogP contribution in [0.2, 0.25) is 5.02 Å². The third kappa shape index (κ3) is 3.15. The van der Waals surface area contributed by atoms with Crippen LogP contribution in [0, 0.1) is 0 Å². The van der Waals surface area contributed by atoms with E-state index < -0.39 is 0 Å². The van der Waals surface area contributed by atoms with E-state index in [1.807, 2.05) is 29.6 Å². The van der Waals surface area contributed by atoms with Crippen molar-refractivity contribution in [2.24, 2.45) is 0 Å². The largest absolute Gasteiger partial charge is 0.335 e. The molecule has 6 heteroatoms. The molecule has 108 valence electrons. The van der Waals surface area contributed by atoms with Crippen LogP contribution in [0.5, 0.6) is 0 Å². The molecule has 2 N–H and O–H groups in total. The molecule has 0 fully saturated rings. The number of benzene rings is 1. The molecule has 0 unspecified atom stereocenters. The van der Waals surface area contributed by atoms with Crippen LogP contribution in [0.25, 0.3) is 4.96 Å². The predicted molar refractivity (Wildman–Crippen MR) is 84.8 cm³/mol. The van der Waals surface area contributed by atoms with Crippen LogP contribution >= 0.6 is 22.9 Å². The third-order valence-electron chi connectivity index (χ3n) is 3.43. The lowest BCUT2D eigenvalue weighted by Gasteiger charge is -2.10. The molecule has 0 aliphatic heterocycles. The van der Waals surface area contributed by atoms with Crippen LogP contribution in [0.4, 0.5) is 0 Å². The smallest absolute Gasteiger partial charge is 0.258 e. The van der Waals surface area contributed by atoms with Gasteiger partial charge < -0.3 is 5.32 Å². The van der Waals surface area contributed by atoms with Gasteiger partial charge >= 0.3 is 0 Å². The molecule has 21 heavy (non-hydrogen) atoms. The van der Waals surface area contributed by atoms with Crippen LogP contribution < -0.4 is 10.9 Å². The second kappa shape index (κ2) is 5.97. The monoisotopic (exact) mass is 320 g/mol. The highest BCUT2D eigenvalue weighted by molar-refractivity contribution is 7.15. The number of nitrogens with zero attached hydrogens (tertiary/aromatic N) is 2. The summed E-state index contributed by atoms with van der Waals surface area (Å²) in [6.07, 6.45) is 1.75. The van der Waals surface area contributed by atoms with E-state index in [9.17, 15) is 4.79 Å². The number of aromatic nitrogens is 2. The fourth-order valence-corrected chi connectivity index (χ4v) is 3.06. The number of rotatable bonds is 4. The maximum absolute atomic E-state index is 11.9. The Morgan fingerprint density at radius 3 is 2.90 bits per heavy atom. The van der Waals surface area contributed by atoms with Crippen LogP contribution in [-0.4, -0.2) is 9.38 Å². The zero-order valence-electron chi connectivity index (χ0n) is 11.5. The molecule has 0 radical (unpaired) electrons. The highest BCUT2D eigenvalue weighted by Crippen LogP contribution is 2.13. The minimum absolute atomic E-state index is 0.0243. The van der Waals surface area contributed by atoms with Gasteiger partial charge in [-0.25, -0.2) is 4.98 Å². The summed E-state index contributed by atoms with van der Waals surface area (Å²) in [4.78, 5) is 17.2. The van der Waals surface area contributed by atoms with E-state index in [1.165, 1.54) is 16.9 Å². The fourth-order valence-electron chi connectivity index (χ4n) is 2.19. The van der Waals surface area contributed by atoms with Crippen molar-refractivity contribution < 1.29 is 5.32 Å². The molecule has 3 aromatic rings. The summed E-state index contributed by atoms with van der Waals surface area (Å²) in [6.45, 7) is 2.80. The summed E-state index contributed by atoms with van der Waals surface area (Å²) in [6, 6.07) is 9.71. The van der Waals surface area contributed by atoms with Crippen molar-refractivity contribution in [2.45, 2.75) is 19.5 Å². The summed E-state index contributed by atoms with van der Waals surface area (Å²) in [5.41, 5.74) is 1.99. The standard InChI is InChI=1S/C15H14ClN3OS/c1-10(11-2-4-12(16)5-3-11)17-9-13-8-14(20)19-6-7-21-15(19)18-13/h2-8,10,17H,9H2,1H3/p+1/t10-/m0/s1. The molecule has 2 heterocycles. The molecule has 0 saturated carbocycles. The van der Waals surface area contributed by atoms with E-state index in [0.717, 1.165) is 15.7 Å². The first-order chi connectivity index (χ1) is 10.1. The maximum atomic E-state index is 11.9. The fraction of sp³-hybridized carbons (Fsp3) is 0.200. The van der Waals surface area contributed by atoms with Crippen molar-refractivity contribution in [1.29, 1.82) is 0 Å². The lowest BCUT2D eigenvalue weighted by molar-refractivity contribution is -0.708. The number of hydrogen-bond donors (Lipinski definition) is 1. The van der Waals surface area contributed by atoms with E-state index in [2.05, 4.69) is 17.2 Å². The van der Waals surface area contributed by atoms with Gasteiger partial charge in [0.25, 0.3) is 5.56 Å². The van der Waals surface area contributed by atoms with E-state index >= 15 is 0 Å². The zero-order valence-corrected chi connectivity index (χ0v) is 13.1. The summed E-state index contributed by atoms with van der Waals surface area (Å²) < 4.78 is 1.57. The van der Waals surface area contributed by atoms with Crippen molar-refractivity contribution in [1.82, 2.24) is 9.38 Å². The minimum Gasteiger partial charge on any atom is -0.335 e. The van der Waals surface area contributed by atoms with E-state index in [4.69, 9.17) is 11.6 Å². The van der Waals surface area contributed by atoms with Crippen LogP contribution in [0.15, 0.2) is 46.7 Å². The Labute approximate surface area is 131 Å². The number of halogens is 1. The highest BCUT2D eigenvalue weighted by Gasteiger charge is 2.10. The Hall–Kier alpha value is -1.69. The highest BCUT2D eigenvalue weighted by atomic mass is 35.5. The lowest BCUT2D eigenvalue weighted by atomic mass is 10.1. The Bertz CT molecular complexity index is 810. The van der Waals surface area contributed by atoms with E-state index in [1.54, 1.807) is 16.7 Å². The number of thiazole rings is 1. The molecule has 2 aromatic heterocycles. The first kappa shape index (κ1) is 14.3. The summed E-state index contributed by atoms with van der Waals surface area (Å²) >= 11 is 7.37. The predicted octanol–water partition coefficient (Wildman–Crippen LogP) is 2.23. The van der Waals surface area contributed by atoms with Crippen molar-refractivity contribution in [2.75, 3.05) is 0 Å². The zero-order chi connectivity index (χ0) is 14.8. The van der Waals surface area contributed by atoms with Crippen molar-refractivity contribution >= 4 is 27.9 Å². The minimum atomic E-state index is -0.0243. The van der Waals surface area contributed by atoms with Crippen LogP contribution in [0.3, 0.4) is 0 Å². The second-order valence-electron chi connectivity index (χ2n) is 4.92. The SMILES string of the molecule is C[C@H]([NH2+]Cc1cc(=O)n2ccsc2n1)c1ccc(Cl)cc1. The van der Waals surface area contributed by atoms with Crippen molar-refractivity contribution in [3.63, 3.8) is 0 Å². The first-order valence-corrected chi connectivity index (χ1v) is 7.94. The number of hydrogen-bond acceptors (Lipinski definition) is 3. The molecule has 0 aliphatic rings. The second-order valence-corrected chi connectivity index (χ2v) is 6.23. The number of nitrogens with two attached hydrogens (primary N) is 1. The molecule has 0 saturated heterocycles. The third-order valence-corrected chi connectivity index (χ3v) is 4.44. The van der Waals surface area contributed by atoms with Gasteiger partial charge in [0.15, 0.2) is 4.96 Å². The summed E-state index contributed by atoms with van der Waals surface area (Å²) in [5, 5.41) is 4.77. The molecule has 3 rings (SSSR count). The van der Waals surface area contributed by atoms with Gasteiger partial charge in [0.05, 0.1) is 0 Å². The summed E-state index contributed by atoms with van der Waals surface area (Å²) in [5.74, 6) is 0. The average Bonchev–Trinajstić information content (AvgIpc) is 2.94. The Morgan fingerprint density at radius 1 is 1.38 bits per heavy atom. The molecule has 0 amide bonds. The Morgan fingerprint density at radius 2 is 2.14 bits per heavy atom. The van der Waals surface area contributed by atoms with Gasteiger partial charge in [-0.3, -0.25) is 9.20 Å². The van der Waals surface area contributed by atoms with E-state index in [0.29, 0.717) is 6.54 Å².